The monoisotopic (exact) mass is 692 g/mol. The Kier molecular flexibility index (Phi) is 13.5. The number of esters is 5. The van der Waals surface area contributed by atoms with Crippen LogP contribution in [0.15, 0.2) is 109 Å². The van der Waals surface area contributed by atoms with E-state index in [0.29, 0.717) is 41.7 Å². The topological polar surface area (TPSA) is 149 Å². The molecule has 0 spiro atoms. The molecular weight excluding hydrogens is 656 g/mol. The standard InChI is InChI=1S/C40H36O11/c1-26(2)36(42)47-23-20-28-4-10-32(11-5-28)39(45)50-34-16-8-30(9-17-34)22-25-49-38(44)31-14-18-35(19-15-31)51-40(46)33-12-6-29(7-13-33)21-24-48-37(43)27(3)41/h4-19H,1,20-25H2,2-3H3. The second-order valence-electron chi connectivity index (χ2n) is 11.3. The van der Waals surface area contributed by atoms with Gasteiger partial charge in [0.25, 0.3) is 0 Å². The molecule has 0 fully saturated rings. The van der Waals surface area contributed by atoms with Crippen LogP contribution in [-0.4, -0.2) is 55.5 Å². The predicted molar refractivity (Wildman–Crippen MR) is 184 cm³/mol. The van der Waals surface area contributed by atoms with E-state index in [9.17, 15) is 28.8 Å². The summed E-state index contributed by atoms with van der Waals surface area (Å²) in [7, 11) is 0. The van der Waals surface area contributed by atoms with Crippen molar-refractivity contribution in [2.75, 3.05) is 19.8 Å². The zero-order valence-electron chi connectivity index (χ0n) is 28.2. The Morgan fingerprint density at radius 3 is 1.20 bits per heavy atom. The number of rotatable bonds is 16. The van der Waals surface area contributed by atoms with Crippen molar-refractivity contribution >= 4 is 35.6 Å². The maximum absolute atomic E-state index is 12.6. The van der Waals surface area contributed by atoms with Gasteiger partial charge in [-0.25, -0.2) is 24.0 Å². The fraction of sp³-hybridized carbons (Fsp3) is 0.200. The van der Waals surface area contributed by atoms with Crippen molar-refractivity contribution in [3.05, 3.63) is 143 Å². The van der Waals surface area contributed by atoms with Gasteiger partial charge in [-0.2, -0.15) is 0 Å². The number of benzene rings is 4. The summed E-state index contributed by atoms with van der Waals surface area (Å²) in [5.41, 5.74) is 3.87. The van der Waals surface area contributed by atoms with Crippen molar-refractivity contribution in [2.24, 2.45) is 0 Å². The van der Waals surface area contributed by atoms with Crippen molar-refractivity contribution in [3.8, 4) is 11.5 Å². The zero-order chi connectivity index (χ0) is 36.8. The normalized spacial score (nSPS) is 10.4. The van der Waals surface area contributed by atoms with E-state index in [4.69, 9.17) is 23.7 Å². The van der Waals surface area contributed by atoms with Crippen LogP contribution < -0.4 is 9.47 Å². The van der Waals surface area contributed by atoms with Crippen LogP contribution in [0.1, 0.15) is 61.6 Å². The molecular formula is C40H36O11. The minimum atomic E-state index is -0.890. The number of Topliss-reactive ketones (excluding diaryl/α,β-unsaturated/α-hetero) is 1. The van der Waals surface area contributed by atoms with Crippen LogP contribution in [0.4, 0.5) is 0 Å². The molecule has 0 heterocycles. The van der Waals surface area contributed by atoms with Crippen LogP contribution in [0.2, 0.25) is 0 Å². The first kappa shape index (κ1) is 37.5. The van der Waals surface area contributed by atoms with E-state index in [1.54, 1.807) is 79.7 Å². The van der Waals surface area contributed by atoms with Gasteiger partial charge in [0.05, 0.1) is 36.5 Å². The molecule has 0 saturated carbocycles. The Morgan fingerprint density at radius 1 is 0.451 bits per heavy atom. The molecule has 0 N–H and O–H groups in total. The fourth-order valence-corrected chi connectivity index (χ4v) is 4.42. The molecule has 11 heteroatoms. The van der Waals surface area contributed by atoms with Gasteiger partial charge < -0.3 is 23.7 Å². The molecule has 4 aromatic rings. The smallest absolute Gasteiger partial charge is 0.374 e. The molecule has 51 heavy (non-hydrogen) atoms. The van der Waals surface area contributed by atoms with E-state index in [0.717, 1.165) is 23.6 Å². The number of carbonyl (C=O) groups is 6. The molecule has 0 atom stereocenters. The van der Waals surface area contributed by atoms with Gasteiger partial charge in [-0.3, -0.25) is 4.79 Å². The van der Waals surface area contributed by atoms with Crippen molar-refractivity contribution < 1.29 is 52.5 Å². The molecule has 262 valence electrons. The molecule has 0 aliphatic rings. The van der Waals surface area contributed by atoms with Gasteiger partial charge in [0.15, 0.2) is 0 Å². The third-order valence-corrected chi connectivity index (χ3v) is 7.32. The maximum Gasteiger partial charge on any atom is 0.374 e. The van der Waals surface area contributed by atoms with Gasteiger partial charge >= 0.3 is 29.8 Å². The van der Waals surface area contributed by atoms with Gasteiger partial charge in [-0.1, -0.05) is 43.0 Å². The summed E-state index contributed by atoms with van der Waals surface area (Å²) in [6.45, 7) is 6.63. The number of ketones is 1. The van der Waals surface area contributed by atoms with Crippen LogP contribution in [0.25, 0.3) is 0 Å². The summed E-state index contributed by atoms with van der Waals surface area (Å²) in [6.07, 6.45) is 1.32. The van der Waals surface area contributed by atoms with Gasteiger partial charge in [0.2, 0.25) is 5.78 Å². The Labute approximate surface area is 294 Å². The quantitative estimate of drug-likeness (QED) is 0.0457. The molecule has 0 radical (unpaired) electrons. The van der Waals surface area contributed by atoms with Crippen LogP contribution in [0.5, 0.6) is 11.5 Å². The number of ether oxygens (including phenoxy) is 5. The fourth-order valence-electron chi connectivity index (χ4n) is 4.42. The van der Waals surface area contributed by atoms with Crippen LogP contribution >= 0.6 is 0 Å². The lowest BCUT2D eigenvalue weighted by molar-refractivity contribution is -0.152. The highest BCUT2D eigenvalue weighted by molar-refractivity contribution is 6.32. The van der Waals surface area contributed by atoms with Gasteiger partial charge in [0, 0.05) is 31.8 Å². The van der Waals surface area contributed by atoms with E-state index < -0.39 is 35.6 Å². The summed E-state index contributed by atoms with van der Waals surface area (Å²) in [5.74, 6) is -3.04. The molecule has 11 nitrogen and oxygen atoms in total. The summed E-state index contributed by atoms with van der Waals surface area (Å²) in [5, 5.41) is 0. The third kappa shape index (κ3) is 11.9. The summed E-state index contributed by atoms with van der Waals surface area (Å²) >= 11 is 0. The molecule has 0 unspecified atom stereocenters. The summed E-state index contributed by atoms with van der Waals surface area (Å²) in [6, 6.07) is 26.2. The zero-order valence-corrected chi connectivity index (χ0v) is 28.2. The van der Waals surface area contributed by atoms with E-state index in [1.165, 1.54) is 24.3 Å². The Morgan fingerprint density at radius 2 is 0.784 bits per heavy atom. The molecule has 4 rings (SSSR count). The van der Waals surface area contributed by atoms with Crippen molar-refractivity contribution in [2.45, 2.75) is 33.1 Å². The summed E-state index contributed by atoms with van der Waals surface area (Å²) < 4.78 is 26.2. The minimum absolute atomic E-state index is 0.0439. The molecule has 4 aromatic carbocycles. The van der Waals surface area contributed by atoms with Crippen molar-refractivity contribution in [3.63, 3.8) is 0 Å². The highest BCUT2D eigenvalue weighted by atomic mass is 16.5. The predicted octanol–water partition coefficient (Wildman–Crippen LogP) is 5.86. The maximum atomic E-state index is 12.6. The van der Waals surface area contributed by atoms with Crippen LogP contribution in [0.3, 0.4) is 0 Å². The second-order valence-corrected chi connectivity index (χ2v) is 11.3. The molecule has 0 aromatic heterocycles. The molecule has 0 saturated heterocycles. The number of hydrogen-bond donors (Lipinski definition) is 0. The third-order valence-electron chi connectivity index (χ3n) is 7.32. The van der Waals surface area contributed by atoms with E-state index in [-0.39, 0.29) is 31.1 Å². The largest absolute Gasteiger partial charge is 0.462 e. The first-order valence-corrected chi connectivity index (χ1v) is 16.0. The van der Waals surface area contributed by atoms with Crippen molar-refractivity contribution in [1.82, 2.24) is 0 Å². The lowest BCUT2D eigenvalue weighted by Crippen LogP contribution is -2.15. The highest BCUT2D eigenvalue weighted by Crippen LogP contribution is 2.18. The highest BCUT2D eigenvalue weighted by Gasteiger charge is 2.13. The average Bonchev–Trinajstić information content (AvgIpc) is 3.13. The summed E-state index contributed by atoms with van der Waals surface area (Å²) in [4.78, 5) is 71.3. The lowest BCUT2D eigenvalue weighted by atomic mass is 10.1. The average molecular weight is 693 g/mol. The van der Waals surface area contributed by atoms with Gasteiger partial charge in [-0.05, 0) is 84.3 Å². The first-order chi connectivity index (χ1) is 24.5. The molecule has 0 bridgehead atoms. The molecule has 0 aliphatic carbocycles. The van der Waals surface area contributed by atoms with Crippen molar-refractivity contribution in [1.29, 1.82) is 0 Å². The van der Waals surface area contributed by atoms with Crippen LogP contribution in [-0.2, 0) is 47.9 Å². The first-order valence-electron chi connectivity index (χ1n) is 16.0. The Hall–Kier alpha value is -6.36. The van der Waals surface area contributed by atoms with Gasteiger partial charge in [-0.15, -0.1) is 0 Å². The lowest BCUT2D eigenvalue weighted by Gasteiger charge is -2.09. The second kappa shape index (κ2) is 18.4. The Bertz CT molecular complexity index is 1870. The van der Waals surface area contributed by atoms with Gasteiger partial charge in [0.1, 0.15) is 11.5 Å². The molecule has 0 aliphatic heterocycles. The van der Waals surface area contributed by atoms with E-state index >= 15 is 0 Å². The van der Waals surface area contributed by atoms with E-state index in [1.807, 2.05) is 0 Å². The Balaban J connectivity index is 1.16. The molecule has 0 amide bonds. The SMILES string of the molecule is C=C(C)C(=O)OCCc1ccc(C(=O)Oc2ccc(CCOC(=O)c3ccc(OC(=O)c4ccc(CCOC(=O)C(C)=O)cc4)cc3)cc2)cc1. The van der Waals surface area contributed by atoms with E-state index in [2.05, 4.69) is 6.58 Å². The van der Waals surface area contributed by atoms with Crippen LogP contribution in [0, 0.1) is 0 Å². The number of hydrogen-bond acceptors (Lipinski definition) is 11. The minimum Gasteiger partial charge on any atom is -0.462 e. The number of carbonyl (C=O) groups excluding carboxylic acids is 6.